The van der Waals surface area contributed by atoms with E-state index in [9.17, 15) is 4.79 Å². The van der Waals surface area contributed by atoms with E-state index in [1.165, 1.54) is 0 Å². The number of tetrazole rings is 1. The molecule has 1 aliphatic rings. The van der Waals surface area contributed by atoms with Gasteiger partial charge in [-0.15, -0.1) is 5.10 Å². The van der Waals surface area contributed by atoms with Gasteiger partial charge in [0.2, 0.25) is 0 Å². The molecule has 0 spiro atoms. The van der Waals surface area contributed by atoms with Gasteiger partial charge in [-0.1, -0.05) is 55.5 Å². The second kappa shape index (κ2) is 9.25. The summed E-state index contributed by atoms with van der Waals surface area (Å²) < 4.78 is 1.83. The van der Waals surface area contributed by atoms with Gasteiger partial charge >= 0.3 is 0 Å². The number of aryl methyl sites for hydroxylation is 1. The molecule has 2 aromatic carbocycles. The van der Waals surface area contributed by atoms with E-state index in [1.54, 1.807) is 0 Å². The first-order valence-electron chi connectivity index (χ1n) is 11.5. The number of pyridine rings is 1. The van der Waals surface area contributed by atoms with E-state index in [0.29, 0.717) is 17.9 Å². The molecule has 1 N–H and O–H groups in total. The fraction of sp³-hybridized carbons (Fsp3) is 0.360. The maximum Gasteiger partial charge on any atom is 0.253 e. The third kappa shape index (κ3) is 4.31. The standard InChI is InChI=1S/C25H29N7O/c1-3-30-12-14-31(15-13-30)23(21-16-20-11-7-8-18(2)22(20)26-25(21)33)24-27-28-29-32(24)17-19-9-5-4-6-10-19/h4-11,16,23H,3,12-15,17H2,1-2H3,(H,26,33)/t23-/m0/s1. The molecule has 5 rings (SSSR count). The summed E-state index contributed by atoms with van der Waals surface area (Å²) >= 11 is 0. The summed E-state index contributed by atoms with van der Waals surface area (Å²) in [5.74, 6) is 0.696. The number of piperazine rings is 1. The Morgan fingerprint density at radius 1 is 1.03 bits per heavy atom. The number of likely N-dealkylation sites (N-methyl/N-ethyl adjacent to an activating group) is 1. The van der Waals surface area contributed by atoms with E-state index in [4.69, 9.17) is 0 Å². The SMILES string of the molecule is CCN1CCN([C@@H](c2cc3cccc(C)c3[nH]c2=O)c2nnnn2Cc2ccccc2)CC1. The molecule has 4 aromatic rings. The zero-order valence-electron chi connectivity index (χ0n) is 19.1. The Hall–Kier alpha value is -3.36. The van der Waals surface area contributed by atoms with Crippen molar-refractivity contribution in [3.63, 3.8) is 0 Å². The second-order valence-electron chi connectivity index (χ2n) is 8.65. The number of para-hydroxylation sites is 1. The van der Waals surface area contributed by atoms with Crippen LogP contribution >= 0.6 is 0 Å². The zero-order chi connectivity index (χ0) is 22.8. The molecular weight excluding hydrogens is 414 g/mol. The quantitative estimate of drug-likeness (QED) is 0.493. The number of H-pyrrole nitrogens is 1. The molecule has 3 heterocycles. The van der Waals surface area contributed by atoms with Gasteiger partial charge in [-0.05, 0) is 46.5 Å². The van der Waals surface area contributed by atoms with Crippen LogP contribution in [0.2, 0.25) is 0 Å². The molecule has 1 fully saturated rings. The summed E-state index contributed by atoms with van der Waals surface area (Å²) in [5.41, 5.74) is 3.64. The Kier molecular flexibility index (Phi) is 6.02. The maximum absolute atomic E-state index is 13.4. The number of fused-ring (bicyclic) bond motifs is 1. The van der Waals surface area contributed by atoms with Crippen molar-refractivity contribution in [3.05, 3.63) is 87.5 Å². The Balaban J connectivity index is 1.60. The smallest absolute Gasteiger partial charge is 0.253 e. The van der Waals surface area contributed by atoms with Crippen molar-refractivity contribution in [2.75, 3.05) is 32.7 Å². The molecule has 0 amide bonds. The first-order valence-corrected chi connectivity index (χ1v) is 11.5. The normalized spacial score (nSPS) is 16.3. The van der Waals surface area contributed by atoms with E-state index in [0.717, 1.165) is 54.8 Å². The van der Waals surface area contributed by atoms with E-state index in [2.05, 4.69) is 49.4 Å². The lowest BCUT2D eigenvalue weighted by Crippen LogP contribution is -2.49. The van der Waals surface area contributed by atoms with Crippen LogP contribution in [0.1, 0.15) is 35.5 Å². The molecule has 8 heteroatoms. The highest BCUT2D eigenvalue weighted by atomic mass is 16.1. The molecule has 170 valence electrons. The minimum absolute atomic E-state index is 0.0889. The van der Waals surface area contributed by atoms with Gasteiger partial charge in [0.25, 0.3) is 5.56 Å². The Labute approximate surface area is 192 Å². The topological polar surface area (TPSA) is 82.9 Å². The van der Waals surface area contributed by atoms with Gasteiger partial charge in [0.1, 0.15) is 6.04 Å². The van der Waals surface area contributed by atoms with Gasteiger partial charge < -0.3 is 9.88 Å². The minimum atomic E-state index is -0.323. The van der Waals surface area contributed by atoms with Gasteiger partial charge in [-0.25, -0.2) is 4.68 Å². The largest absolute Gasteiger partial charge is 0.321 e. The molecule has 0 radical (unpaired) electrons. The van der Waals surface area contributed by atoms with E-state index in [-0.39, 0.29) is 11.6 Å². The lowest BCUT2D eigenvalue weighted by atomic mass is 10.0. The maximum atomic E-state index is 13.4. The van der Waals surface area contributed by atoms with Crippen molar-refractivity contribution in [3.8, 4) is 0 Å². The van der Waals surface area contributed by atoms with Crippen LogP contribution in [-0.2, 0) is 6.54 Å². The molecule has 1 aliphatic heterocycles. The first kappa shape index (κ1) is 21.5. The van der Waals surface area contributed by atoms with Gasteiger partial charge in [-0.2, -0.15) is 0 Å². The first-order chi connectivity index (χ1) is 16.1. The van der Waals surface area contributed by atoms with Crippen molar-refractivity contribution >= 4 is 10.9 Å². The number of benzene rings is 2. The van der Waals surface area contributed by atoms with Crippen molar-refractivity contribution in [2.45, 2.75) is 26.4 Å². The molecule has 1 atom stereocenters. The number of rotatable bonds is 6. The van der Waals surface area contributed by atoms with Crippen LogP contribution in [0.4, 0.5) is 0 Å². The summed E-state index contributed by atoms with van der Waals surface area (Å²) in [6, 6.07) is 17.9. The molecular formula is C25H29N7O. The number of hydrogen-bond donors (Lipinski definition) is 1. The predicted octanol–water partition coefficient (Wildman–Crippen LogP) is 2.60. The van der Waals surface area contributed by atoms with E-state index < -0.39 is 0 Å². The van der Waals surface area contributed by atoms with Crippen LogP contribution in [-0.4, -0.2) is 67.7 Å². The molecule has 0 bridgehead atoms. The number of nitrogens with one attached hydrogen (secondary N) is 1. The summed E-state index contributed by atoms with van der Waals surface area (Å²) in [7, 11) is 0. The fourth-order valence-electron chi connectivity index (χ4n) is 4.72. The second-order valence-corrected chi connectivity index (χ2v) is 8.65. The van der Waals surface area contributed by atoms with E-state index >= 15 is 0 Å². The third-order valence-corrected chi connectivity index (χ3v) is 6.61. The lowest BCUT2D eigenvalue weighted by Gasteiger charge is -2.38. The summed E-state index contributed by atoms with van der Waals surface area (Å²) in [6.45, 7) is 9.39. The number of aromatic nitrogens is 5. The number of aromatic amines is 1. The molecule has 0 saturated carbocycles. The summed E-state index contributed by atoms with van der Waals surface area (Å²) in [6.07, 6.45) is 0. The van der Waals surface area contributed by atoms with Crippen molar-refractivity contribution in [1.82, 2.24) is 35.0 Å². The van der Waals surface area contributed by atoms with Crippen molar-refractivity contribution in [2.24, 2.45) is 0 Å². The highest BCUT2D eigenvalue weighted by molar-refractivity contribution is 5.82. The highest BCUT2D eigenvalue weighted by Gasteiger charge is 2.32. The van der Waals surface area contributed by atoms with Gasteiger partial charge in [0, 0.05) is 31.7 Å². The predicted molar refractivity (Wildman–Crippen MR) is 128 cm³/mol. The van der Waals surface area contributed by atoms with Gasteiger partial charge in [0.15, 0.2) is 5.82 Å². The summed E-state index contributed by atoms with van der Waals surface area (Å²) in [5, 5.41) is 13.8. The van der Waals surface area contributed by atoms with Crippen LogP contribution in [0, 0.1) is 6.92 Å². The molecule has 1 saturated heterocycles. The third-order valence-electron chi connectivity index (χ3n) is 6.61. The van der Waals surface area contributed by atoms with Crippen LogP contribution in [0.25, 0.3) is 10.9 Å². The minimum Gasteiger partial charge on any atom is -0.321 e. The molecule has 2 aromatic heterocycles. The molecule has 33 heavy (non-hydrogen) atoms. The number of nitrogens with zero attached hydrogens (tertiary/aromatic N) is 6. The van der Waals surface area contributed by atoms with Crippen molar-refractivity contribution in [1.29, 1.82) is 0 Å². The average molecular weight is 444 g/mol. The zero-order valence-corrected chi connectivity index (χ0v) is 19.1. The van der Waals surface area contributed by atoms with Crippen LogP contribution < -0.4 is 5.56 Å². The molecule has 8 nitrogen and oxygen atoms in total. The van der Waals surface area contributed by atoms with Crippen LogP contribution in [0.5, 0.6) is 0 Å². The highest BCUT2D eigenvalue weighted by Crippen LogP contribution is 2.28. The Morgan fingerprint density at radius 3 is 2.58 bits per heavy atom. The monoisotopic (exact) mass is 443 g/mol. The van der Waals surface area contributed by atoms with Gasteiger partial charge in [0.05, 0.1) is 12.1 Å². The lowest BCUT2D eigenvalue weighted by molar-refractivity contribution is 0.108. The van der Waals surface area contributed by atoms with E-state index in [1.807, 2.05) is 54.1 Å². The van der Waals surface area contributed by atoms with Crippen LogP contribution in [0.3, 0.4) is 0 Å². The summed E-state index contributed by atoms with van der Waals surface area (Å²) in [4.78, 5) is 21.3. The average Bonchev–Trinajstić information content (AvgIpc) is 3.29. The van der Waals surface area contributed by atoms with Crippen LogP contribution in [0.15, 0.2) is 59.4 Å². The fourth-order valence-corrected chi connectivity index (χ4v) is 4.72. The van der Waals surface area contributed by atoms with Gasteiger partial charge in [-0.3, -0.25) is 9.69 Å². The van der Waals surface area contributed by atoms with Crippen molar-refractivity contribution < 1.29 is 0 Å². The molecule has 0 aliphatic carbocycles. The Bertz CT molecular complexity index is 1290. The Morgan fingerprint density at radius 2 is 1.82 bits per heavy atom. The number of hydrogen-bond acceptors (Lipinski definition) is 6. The molecule has 0 unspecified atom stereocenters.